The van der Waals surface area contributed by atoms with Crippen molar-refractivity contribution in [2.45, 2.75) is 44.9 Å². The van der Waals surface area contributed by atoms with Crippen molar-refractivity contribution in [1.29, 1.82) is 0 Å². The van der Waals surface area contributed by atoms with Crippen molar-refractivity contribution < 1.29 is 33.3 Å². The summed E-state index contributed by atoms with van der Waals surface area (Å²) in [5, 5.41) is 10.9. The first-order valence-electron chi connectivity index (χ1n) is 8.64. The normalized spacial score (nSPS) is 15.0. The van der Waals surface area contributed by atoms with E-state index >= 15 is 0 Å². The molecule has 0 radical (unpaired) electrons. The fraction of sp³-hybridized carbons (Fsp3) is 0.474. The van der Waals surface area contributed by atoms with Crippen LogP contribution < -0.4 is 16.1 Å². The van der Waals surface area contributed by atoms with E-state index in [2.05, 4.69) is 4.74 Å². The number of carbonyl (C=O) groups excluding carboxylic acids is 1. The highest BCUT2D eigenvalue weighted by Crippen LogP contribution is 2.26. The number of aliphatic hydroxyl groups excluding tert-OH is 1. The van der Waals surface area contributed by atoms with Gasteiger partial charge >= 0.3 is 11.7 Å². The molecule has 9 nitrogen and oxygen atoms in total. The largest absolute Gasteiger partial charge is 0.465 e. The summed E-state index contributed by atoms with van der Waals surface area (Å²) in [6.07, 6.45) is -3.66. The summed E-state index contributed by atoms with van der Waals surface area (Å²) in [4.78, 5) is 22.0. The van der Waals surface area contributed by atoms with Crippen molar-refractivity contribution in [3.63, 3.8) is 0 Å². The number of aliphatic hydroxyl groups is 1. The van der Waals surface area contributed by atoms with Crippen LogP contribution in [0, 0.1) is 0 Å². The number of amides is 1. The van der Waals surface area contributed by atoms with Crippen molar-refractivity contribution in [2.75, 3.05) is 13.7 Å². The van der Waals surface area contributed by atoms with Gasteiger partial charge in [-0.1, -0.05) is 0 Å². The second-order valence-electron chi connectivity index (χ2n) is 6.71. The highest BCUT2D eigenvalue weighted by Gasteiger charge is 2.38. The molecule has 3 atom stereocenters. The van der Waals surface area contributed by atoms with Gasteiger partial charge in [0, 0.05) is 18.6 Å². The lowest BCUT2D eigenvalue weighted by Crippen LogP contribution is -2.51. The molecule has 3 unspecified atom stereocenters. The highest BCUT2D eigenvalue weighted by molar-refractivity contribution is 5.77. The quantitative estimate of drug-likeness (QED) is 0.485. The van der Waals surface area contributed by atoms with Crippen LogP contribution in [0.25, 0.3) is 11.0 Å². The second-order valence-corrected chi connectivity index (χ2v) is 6.71. The molecule has 0 bridgehead atoms. The Kier molecular flexibility index (Phi) is 7.00. The number of hydrogen-bond acceptors (Lipinski definition) is 8. The molecule has 0 spiro atoms. The standard InChI is InChI=1S/C19H25NO8/c1-11(26-13-6-7-15-12(9-13)5-8-16(22)27-15)28-19(2,3)17(24-4)14(21)10-25-18(20)23/h5-9,11,14,17,21H,10H2,1-4H3,(H2,20,23). The zero-order valence-electron chi connectivity index (χ0n) is 16.2. The average Bonchev–Trinajstić information content (AvgIpc) is 2.59. The summed E-state index contributed by atoms with van der Waals surface area (Å²) in [5.41, 5.74) is 3.95. The third-order valence-electron chi connectivity index (χ3n) is 4.05. The first kappa shape index (κ1) is 21.7. The molecule has 1 heterocycles. The van der Waals surface area contributed by atoms with Crippen LogP contribution in [-0.4, -0.2) is 49.0 Å². The van der Waals surface area contributed by atoms with Crippen LogP contribution in [0.4, 0.5) is 4.79 Å². The Bertz CT molecular complexity index is 862. The molecular formula is C19H25NO8. The summed E-state index contributed by atoms with van der Waals surface area (Å²) in [7, 11) is 1.41. The average molecular weight is 395 g/mol. The Morgan fingerprint density at radius 3 is 2.64 bits per heavy atom. The van der Waals surface area contributed by atoms with Crippen molar-refractivity contribution >= 4 is 17.1 Å². The van der Waals surface area contributed by atoms with E-state index in [0.717, 1.165) is 0 Å². The lowest BCUT2D eigenvalue weighted by molar-refractivity contribution is -0.215. The summed E-state index contributed by atoms with van der Waals surface area (Å²) in [6.45, 7) is 4.79. The molecule has 2 aromatic rings. The molecule has 0 saturated heterocycles. The highest BCUT2D eigenvalue weighted by atomic mass is 16.7. The van der Waals surface area contributed by atoms with Gasteiger partial charge in [0.15, 0.2) is 6.29 Å². The SMILES string of the molecule is COC(C(O)COC(N)=O)C(C)(C)OC(C)Oc1ccc2oc(=O)ccc2c1. The zero-order chi connectivity index (χ0) is 20.9. The summed E-state index contributed by atoms with van der Waals surface area (Å²) < 4.78 is 26.7. The number of methoxy groups -OCH3 is 1. The molecule has 0 fully saturated rings. The Balaban J connectivity index is 2.04. The van der Waals surface area contributed by atoms with E-state index in [1.807, 2.05) is 0 Å². The minimum absolute atomic E-state index is 0.328. The molecule has 154 valence electrons. The monoisotopic (exact) mass is 395 g/mol. The molecule has 0 aliphatic heterocycles. The van der Waals surface area contributed by atoms with Gasteiger partial charge in [-0.05, 0) is 45.0 Å². The van der Waals surface area contributed by atoms with Crippen molar-refractivity contribution in [3.8, 4) is 5.75 Å². The first-order chi connectivity index (χ1) is 13.1. The van der Waals surface area contributed by atoms with Crippen molar-refractivity contribution in [3.05, 3.63) is 40.8 Å². The molecule has 2 rings (SSSR count). The summed E-state index contributed by atoms with van der Waals surface area (Å²) >= 11 is 0. The minimum atomic E-state index is -1.15. The zero-order valence-corrected chi connectivity index (χ0v) is 16.2. The Morgan fingerprint density at radius 2 is 2.00 bits per heavy atom. The van der Waals surface area contributed by atoms with E-state index in [1.54, 1.807) is 45.0 Å². The van der Waals surface area contributed by atoms with Crippen LogP contribution in [-0.2, 0) is 14.2 Å². The van der Waals surface area contributed by atoms with Gasteiger partial charge in [0.25, 0.3) is 0 Å². The second kappa shape index (κ2) is 9.05. The van der Waals surface area contributed by atoms with E-state index in [4.69, 9.17) is 24.4 Å². The van der Waals surface area contributed by atoms with Gasteiger partial charge in [0.1, 0.15) is 30.1 Å². The summed E-state index contributed by atoms with van der Waals surface area (Å²) in [5.74, 6) is 0.510. The summed E-state index contributed by atoms with van der Waals surface area (Å²) in [6, 6.07) is 7.97. The predicted molar refractivity (Wildman–Crippen MR) is 100 cm³/mol. The molecule has 0 aliphatic rings. The molecule has 3 N–H and O–H groups in total. The number of ether oxygens (including phenoxy) is 4. The van der Waals surface area contributed by atoms with E-state index < -0.39 is 35.8 Å². The van der Waals surface area contributed by atoms with Crippen LogP contribution >= 0.6 is 0 Å². The minimum Gasteiger partial charge on any atom is -0.465 e. The number of hydrogen-bond donors (Lipinski definition) is 2. The van der Waals surface area contributed by atoms with Crippen molar-refractivity contribution in [2.24, 2.45) is 5.73 Å². The van der Waals surface area contributed by atoms with Crippen LogP contribution in [0.1, 0.15) is 20.8 Å². The van der Waals surface area contributed by atoms with Gasteiger partial charge in [-0.3, -0.25) is 0 Å². The number of nitrogens with two attached hydrogens (primary N) is 1. The first-order valence-corrected chi connectivity index (χ1v) is 8.64. The van der Waals surface area contributed by atoms with Crippen LogP contribution in [0.2, 0.25) is 0 Å². The smallest absolute Gasteiger partial charge is 0.404 e. The topological polar surface area (TPSA) is 130 Å². The number of rotatable bonds is 9. The van der Waals surface area contributed by atoms with Gasteiger partial charge < -0.3 is 34.2 Å². The van der Waals surface area contributed by atoms with E-state index in [1.165, 1.54) is 13.2 Å². The molecule has 0 saturated carbocycles. The maximum atomic E-state index is 11.2. The molecule has 0 aliphatic carbocycles. The van der Waals surface area contributed by atoms with E-state index in [0.29, 0.717) is 16.7 Å². The Labute approximate surface area is 161 Å². The molecule has 28 heavy (non-hydrogen) atoms. The molecule has 9 heteroatoms. The van der Waals surface area contributed by atoms with Crippen LogP contribution in [0.5, 0.6) is 5.75 Å². The molecule has 1 aromatic carbocycles. The van der Waals surface area contributed by atoms with Gasteiger partial charge in [-0.2, -0.15) is 0 Å². The van der Waals surface area contributed by atoms with Gasteiger partial charge in [0.05, 0.1) is 5.60 Å². The lowest BCUT2D eigenvalue weighted by Gasteiger charge is -2.37. The lowest BCUT2D eigenvalue weighted by atomic mass is 9.96. The van der Waals surface area contributed by atoms with Gasteiger partial charge in [-0.15, -0.1) is 0 Å². The number of primary amides is 1. The fourth-order valence-corrected chi connectivity index (χ4v) is 2.99. The van der Waals surface area contributed by atoms with Gasteiger partial charge in [-0.25, -0.2) is 9.59 Å². The fourth-order valence-electron chi connectivity index (χ4n) is 2.99. The molecule has 1 aromatic heterocycles. The maximum Gasteiger partial charge on any atom is 0.404 e. The van der Waals surface area contributed by atoms with Gasteiger partial charge in [0.2, 0.25) is 0 Å². The van der Waals surface area contributed by atoms with Crippen LogP contribution in [0.3, 0.4) is 0 Å². The Morgan fingerprint density at radius 1 is 1.29 bits per heavy atom. The van der Waals surface area contributed by atoms with Crippen molar-refractivity contribution in [1.82, 2.24) is 0 Å². The predicted octanol–water partition coefficient (Wildman–Crippen LogP) is 1.78. The number of benzene rings is 1. The molecule has 1 amide bonds. The molecular weight excluding hydrogens is 370 g/mol. The van der Waals surface area contributed by atoms with Crippen LogP contribution in [0.15, 0.2) is 39.5 Å². The van der Waals surface area contributed by atoms with E-state index in [-0.39, 0.29) is 6.61 Å². The Hall–Kier alpha value is -2.62. The number of carbonyl (C=O) groups is 1. The van der Waals surface area contributed by atoms with E-state index in [9.17, 15) is 14.7 Å². The third-order valence-corrected chi connectivity index (χ3v) is 4.05. The third kappa shape index (κ3) is 5.69. The number of fused-ring (bicyclic) bond motifs is 1. The maximum absolute atomic E-state index is 11.2.